The summed E-state index contributed by atoms with van der Waals surface area (Å²) in [5.74, 6) is 0.407. The lowest BCUT2D eigenvalue weighted by molar-refractivity contribution is 0.00518. The number of aliphatic hydroxyl groups is 1. The molecule has 96 valence electrons. The molecule has 0 amide bonds. The summed E-state index contributed by atoms with van der Waals surface area (Å²) in [7, 11) is 0. The van der Waals surface area contributed by atoms with Crippen LogP contribution in [0.2, 0.25) is 0 Å². The highest BCUT2D eigenvalue weighted by Gasteiger charge is 2.47. The van der Waals surface area contributed by atoms with Gasteiger partial charge in [0.2, 0.25) is 0 Å². The summed E-state index contributed by atoms with van der Waals surface area (Å²) in [5.41, 5.74) is -0.196. The molecule has 1 aliphatic carbocycles. The van der Waals surface area contributed by atoms with E-state index in [1.807, 2.05) is 11.3 Å². The molecule has 1 aromatic heterocycles. The SMILES string of the molecule is CCc1ccc(CC2(O)CC(C)(C)CC2C)s1. The molecule has 0 radical (unpaired) electrons. The molecule has 1 heterocycles. The van der Waals surface area contributed by atoms with Gasteiger partial charge in [-0.25, -0.2) is 0 Å². The standard InChI is InChI=1S/C15H24OS/c1-5-12-6-7-13(17-12)9-15(16)10-14(3,4)8-11(15)2/h6-7,11,16H,5,8-10H2,1-4H3. The molecular weight excluding hydrogens is 228 g/mol. The van der Waals surface area contributed by atoms with E-state index < -0.39 is 5.60 Å². The van der Waals surface area contributed by atoms with Gasteiger partial charge in [-0.3, -0.25) is 0 Å². The lowest BCUT2D eigenvalue weighted by Gasteiger charge is -2.28. The first-order valence-electron chi connectivity index (χ1n) is 6.65. The lowest BCUT2D eigenvalue weighted by atomic mass is 9.86. The van der Waals surface area contributed by atoms with Crippen molar-refractivity contribution in [3.8, 4) is 0 Å². The Morgan fingerprint density at radius 1 is 1.35 bits per heavy atom. The first-order chi connectivity index (χ1) is 7.85. The average molecular weight is 252 g/mol. The van der Waals surface area contributed by atoms with Crippen LogP contribution in [0.3, 0.4) is 0 Å². The molecule has 0 spiro atoms. The summed E-state index contributed by atoms with van der Waals surface area (Å²) in [4.78, 5) is 2.77. The molecule has 0 saturated heterocycles. The van der Waals surface area contributed by atoms with Crippen LogP contribution in [0.5, 0.6) is 0 Å². The fourth-order valence-corrected chi connectivity index (χ4v) is 4.42. The fraction of sp³-hybridized carbons (Fsp3) is 0.733. The molecular formula is C15H24OS. The van der Waals surface area contributed by atoms with E-state index in [1.165, 1.54) is 9.75 Å². The van der Waals surface area contributed by atoms with E-state index >= 15 is 0 Å². The van der Waals surface area contributed by atoms with Crippen molar-refractivity contribution in [2.24, 2.45) is 11.3 Å². The van der Waals surface area contributed by atoms with Gasteiger partial charge in [-0.05, 0) is 42.7 Å². The molecule has 1 N–H and O–H groups in total. The van der Waals surface area contributed by atoms with Crippen LogP contribution in [0.4, 0.5) is 0 Å². The maximum Gasteiger partial charge on any atom is 0.0726 e. The second-order valence-corrected chi connectivity index (χ2v) is 7.70. The van der Waals surface area contributed by atoms with E-state index in [1.54, 1.807) is 0 Å². The number of aryl methyl sites for hydroxylation is 1. The maximum atomic E-state index is 10.8. The van der Waals surface area contributed by atoms with Gasteiger partial charge in [-0.2, -0.15) is 0 Å². The van der Waals surface area contributed by atoms with Gasteiger partial charge < -0.3 is 5.11 Å². The second kappa shape index (κ2) is 4.40. The summed E-state index contributed by atoms with van der Waals surface area (Å²) >= 11 is 1.86. The minimum absolute atomic E-state index is 0.291. The third-order valence-electron chi connectivity index (χ3n) is 4.11. The summed E-state index contributed by atoms with van der Waals surface area (Å²) in [6.07, 6.45) is 4.00. The summed E-state index contributed by atoms with van der Waals surface area (Å²) in [5, 5.41) is 10.8. The summed E-state index contributed by atoms with van der Waals surface area (Å²) < 4.78 is 0. The molecule has 1 saturated carbocycles. The molecule has 1 nitrogen and oxygen atoms in total. The van der Waals surface area contributed by atoms with E-state index in [4.69, 9.17) is 0 Å². The Hall–Kier alpha value is -0.340. The zero-order chi connectivity index (χ0) is 12.7. The summed E-state index contributed by atoms with van der Waals surface area (Å²) in [6.45, 7) is 8.93. The van der Waals surface area contributed by atoms with Crippen molar-refractivity contribution < 1.29 is 5.11 Å². The Labute approximate surface area is 109 Å². The highest BCUT2D eigenvalue weighted by molar-refractivity contribution is 7.12. The molecule has 1 aromatic rings. The van der Waals surface area contributed by atoms with E-state index in [-0.39, 0.29) is 0 Å². The molecule has 2 atom stereocenters. The van der Waals surface area contributed by atoms with Crippen molar-refractivity contribution in [1.82, 2.24) is 0 Å². The number of rotatable bonds is 3. The zero-order valence-corrected chi connectivity index (χ0v) is 12.2. The number of hydrogen-bond acceptors (Lipinski definition) is 2. The van der Waals surface area contributed by atoms with Crippen molar-refractivity contribution in [3.05, 3.63) is 21.9 Å². The Bertz CT molecular complexity index is 393. The largest absolute Gasteiger partial charge is 0.389 e. The molecule has 0 bridgehead atoms. The van der Waals surface area contributed by atoms with E-state index in [2.05, 4.69) is 39.8 Å². The minimum Gasteiger partial charge on any atom is -0.389 e. The predicted molar refractivity (Wildman–Crippen MR) is 74.5 cm³/mol. The van der Waals surface area contributed by atoms with Crippen molar-refractivity contribution in [2.45, 2.75) is 59.0 Å². The van der Waals surface area contributed by atoms with E-state index in [0.717, 1.165) is 25.7 Å². The Morgan fingerprint density at radius 3 is 2.47 bits per heavy atom. The zero-order valence-electron chi connectivity index (χ0n) is 11.4. The quantitative estimate of drug-likeness (QED) is 0.861. The van der Waals surface area contributed by atoms with Gasteiger partial charge in [0.15, 0.2) is 0 Å². The Morgan fingerprint density at radius 2 is 2.00 bits per heavy atom. The normalized spacial score (nSPS) is 31.9. The number of thiophene rings is 1. The topological polar surface area (TPSA) is 20.2 Å². The van der Waals surface area contributed by atoms with Crippen LogP contribution in [0.15, 0.2) is 12.1 Å². The van der Waals surface area contributed by atoms with E-state index in [9.17, 15) is 5.11 Å². The van der Waals surface area contributed by atoms with Crippen LogP contribution in [0, 0.1) is 11.3 Å². The van der Waals surface area contributed by atoms with Gasteiger partial charge in [-0.1, -0.05) is 27.7 Å². The third-order valence-corrected chi connectivity index (χ3v) is 5.34. The van der Waals surface area contributed by atoms with Gasteiger partial charge in [0.1, 0.15) is 0 Å². The molecule has 2 rings (SSSR count). The predicted octanol–water partition coefficient (Wildman–Crippen LogP) is 4.04. The number of hydrogen-bond donors (Lipinski definition) is 1. The lowest BCUT2D eigenvalue weighted by Crippen LogP contribution is -2.34. The summed E-state index contributed by atoms with van der Waals surface area (Å²) in [6, 6.07) is 4.40. The first kappa shape index (κ1) is 13.1. The van der Waals surface area contributed by atoms with Crippen molar-refractivity contribution in [3.63, 3.8) is 0 Å². The molecule has 2 unspecified atom stereocenters. The molecule has 1 aliphatic rings. The van der Waals surface area contributed by atoms with Crippen molar-refractivity contribution >= 4 is 11.3 Å². The highest BCUT2D eigenvalue weighted by atomic mass is 32.1. The van der Waals surface area contributed by atoms with Crippen LogP contribution < -0.4 is 0 Å². The van der Waals surface area contributed by atoms with Crippen LogP contribution in [-0.2, 0) is 12.8 Å². The molecule has 17 heavy (non-hydrogen) atoms. The van der Waals surface area contributed by atoms with Crippen LogP contribution >= 0.6 is 11.3 Å². The third kappa shape index (κ3) is 2.74. The molecule has 1 fully saturated rings. The first-order valence-corrected chi connectivity index (χ1v) is 7.46. The van der Waals surface area contributed by atoms with Crippen molar-refractivity contribution in [2.75, 3.05) is 0 Å². The smallest absolute Gasteiger partial charge is 0.0726 e. The van der Waals surface area contributed by atoms with E-state index in [0.29, 0.717) is 11.3 Å². The van der Waals surface area contributed by atoms with Crippen LogP contribution in [-0.4, -0.2) is 10.7 Å². The Balaban J connectivity index is 2.12. The van der Waals surface area contributed by atoms with Gasteiger partial charge in [-0.15, -0.1) is 11.3 Å². The fourth-order valence-electron chi connectivity index (χ4n) is 3.34. The maximum absolute atomic E-state index is 10.8. The monoisotopic (exact) mass is 252 g/mol. The van der Waals surface area contributed by atoms with Gasteiger partial charge in [0, 0.05) is 16.2 Å². The van der Waals surface area contributed by atoms with Crippen LogP contribution in [0.1, 0.15) is 50.3 Å². The van der Waals surface area contributed by atoms with Crippen LogP contribution in [0.25, 0.3) is 0 Å². The van der Waals surface area contributed by atoms with Gasteiger partial charge in [0.25, 0.3) is 0 Å². The molecule has 0 aromatic carbocycles. The van der Waals surface area contributed by atoms with Gasteiger partial charge >= 0.3 is 0 Å². The molecule has 0 aliphatic heterocycles. The van der Waals surface area contributed by atoms with Gasteiger partial charge in [0.05, 0.1) is 5.60 Å². The second-order valence-electron chi connectivity index (χ2n) is 6.45. The Kier molecular flexibility index (Phi) is 3.39. The minimum atomic E-state index is -0.487. The highest BCUT2D eigenvalue weighted by Crippen LogP contribution is 2.49. The average Bonchev–Trinajstić information content (AvgIpc) is 2.70. The molecule has 2 heteroatoms. The van der Waals surface area contributed by atoms with Crippen molar-refractivity contribution in [1.29, 1.82) is 0 Å².